The van der Waals surface area contributed by atoms with E-state index in [1.54, 1.807) is 7.11 Å². The monoisotopic (exact) mass is 275 g/mol. The molecular weight excluding hydrogens is 250 g/mol. The maximum atomic E-state index is 12.2. The van der Waals surface area contributed by atoms with Crippen molar-refractivity contribution in [3.63, 3.8) is 0 Å². The third-order valence-corrected chi connectivity index (χ3v) is 4.35. The molecule has 2 rings (SSSR count). The number of rotatable bonds is 5. The lowest BCUT2D eigenvalue weighted by atomic mass is 9.86. The molecule has 0 atom stereocenters. The summed E-state index contributed by atoms with van der Waals surface area (Å²) in [5.41, 5.74) is 0.775. The van der Waals surface area contributed by atoms with Crippen LogP contribution in [0, 0.1) is 11.8 Å². The third kappa shape index (κ3) is 3.83. The number of hydrogen-bond donors (Lipinski definition) is 0. The van der Waals surface area contributed by atoms with Gasteiger partial charge in [-0.1, -0.05) is 13.8 Å². The highest BCUT2D eigenvalue weighted by Crippen LogP contribution is 2.24. The Morgan fingerprint density at radius 1 is 1.25 bits per heavy atom. The summed E-state index contributed by atoms with van der Waals surface area (Å²) in [5.74, 6) is 2.58. The van der Waals surface area contributed by atoms with Gasteiger partial charge >= 0.3 is 0 Å². The zero-order valence-electron chi connectivity index (χ0n) is 12.8. The number of Topliss-reactive ketones (excluding diaryl/α,β-unsaturated/α-hetero) is 1. The molecule has 0 spiro atoms. The van der Waals surface area contributed by atoms with Crippen LogP contribution in [0.25, 0.3) is 0 Å². The molecule has 1 fully saturated rings. The van der Waals surface area contributed by atoms with Gasteiger partial charge in [0.05, 0.1) is 13.7 Å². The molecular formula is C17H25NO2. The number of ketones is 1. The Bertz CT molecular complexity index is 431. The lowest BCUT2D eigenvalue weighted by Gasteiger charge is -2.33. The smallest absolute Gasteiger partial charge is 0.176 e. The van der Waals surface area contributed by atoms with E-state index in [-0.39, 0.29) is 5.78 Å². The van der Waals surface area contributed by atoms with Crippen molar-refractivity contribution in [1.29, 1.82) is 0 Å². The average Bonchev–Trinajstić information content (AvgIpc) is 2.48. The quantitative estimate of drug-likeness (QED) is 0.773. The fraction of sp³-hybridized carbons (Fsp3) is 0.588. The summed E-state index contributed by atoms with van der Waals surface area (Å²) in [6.45, 7) is 7.22. The average molecular weight is 275 g/mol. The SMILES string of the molecule is COc1ccc(C(=O)CN2CCC(C(C)C)CC2)cc1. The Labute approximate surface area is 121 Å². The van der Waals surface area contributed by atoms with Crippen LogP contribution in [-0.4, -0.2) is 37.4 Å². The topological polar surface area (TPSA) is 29.5 Å². The summed E-state index contributed by atoms with van der Waals surface area (Å²) in [6, 6.07) is 7.39. The van der Waals surface area contributed by atoms with Gasteiger partial charge < -0.3 is 4.74 Å². The molecule has 1 aromatic carbocycles. The Morgan fingerprint density at radius 3 is 2.35 bits per heavy atom. The second-order valence-electron chi connectivity index (χ2n) is 6.01. The number of benzene rings is 1. The molecule has 3 nitrogen and oxygen atoms in total. The van der Waals surface area contributed by atoms with E-state index in [1.807, 2.05) is 24.3 Å². The van der Waals surface area contributed by atoms with Crippen molar-refractivity contribution in [2.24, 2.45) is 11.8 Å². The van der Waals surface area contributed by atoms with Gasteiger partial charge in [-0.15, -0.1) is 0 Å². The first-order valence-electron chi connectivity index (χ1n) is 7.49. The minimum atomic E-state index is 0.204. The van der Waals surface area contributed by atoms with Crippen molar-refractivity contribution >= 4 is 5.78 Å². The van der Waals surface area contributed by atoms with Crippen LogP contribution in [0.1, 0.15) is 37.0 Å². The summed E-state index contributed by atoms with van der Waals surface area (Å²) in [6.07, 6.45) is 2.43. The van der Waals surface area contributed by atoms with Gasteiger partial charge in [-0.25, -0.2) is 0 Å². The lowest BCUT2D eigenvalue weighted by molar-refractivity contribution is 0.0880. The lowest BCUT2D eigenvalue weighted by Crippen LogP contribution is -2.38. The number of hydrogen-bond acceptors (Lipinski definition) is 3. The largest absolute Gasteiger partial charge is 0.497 e. The van der Waals surface area contributed by atoms with Crippen molar-refractivity contribution in [2.45, 2.75) is 26.7 Å². The summed E-state index contributed by atoms with van der Waals surface area (Å²) in [5, 5.41) is 0. The zero-order valence-corrected chi connectivity index (χ0v) is 12.8. The minimum Gasteiger partial charge on any atom is -0.497 e. The van der Waals surface area contributed by atoms with Crippen LogP contribution in [-0.2, 0) is 0 Å². The van der Waals surface area contributed by atoms with E-state index in [0.717, 1.165) is 36.2 Å². The fourth-order valence-electron chi connectivity index (χ4n) is 2.85. The van der Waals surface area contributed by atoms with Gasteiger partial charge in [0.2, 0.25) is 0 Å². The number of carbonyl (C=O) groups is 1. The fourth-order valence-corrected chi connectivity index (χ4v) is 2.85. The molecule has 0 aromatic heterocycles. The minimum absolute atomic E-state index is 0.204. The predicted molar refractivity (Wildman–Crippen MR) is 81.3 cm³/mol. The molecule has 0 radical (unpaired) electrons. The van der Waals surface area contributed by atoms with Crippen LogP contribution in [0.2, 0.25) is 0 Å². The Kier molecular flexibility index (Phi) is 5.18. The van der Waals surface area contributed by atoms with E-state index < -0.39 is 0 Å². The standard InChI is InChI=1S/C17H25NO2/c1-13(2)14-8-10-18(11-9-14)12-17(19)15-4-6-16(20-3)7-5-15/h4-7,13-14H,8-12H2,1-3H3. The molecule has 0 N–H and O–H groups in total. The molecule has 0 aliphatic carbocycles. The van der Waals surface area contributed by atoms with E-state index in [4.69, 9.17) is 4.74 Å². The van der Waals surface area contributed by atoms with Crippen molar-refractivity contribution in [3.05, 3.63) is 29.8 Å². The van der Waals surface area contributed by atoms with Gasteiger partial charge in [0.15, 0.2) is 5.78 Å². The van der Waals surface area contributed by atoms with Gasteiger partial charge in [0, 0.05) is 5.56 Å². The molecule has 110 valence electrons. The zero-order chi connectivity index (χ0) is 14.5. The molecule has 1 aliphatic rings. The number of likely N-dealkylation sites (tertiary alicyclic amines) is 1. The summed E-state index contributed by atoms with van der Waals surface area (Å²) >= 11 is 0. The number of carbonyl (C=O) groups excluding carboxylic acids is 1. The number of ether oxygens (including phenoxy) is 1. The highest BCUT2D eigenvalue weighted by Gasteiger charge is 2.22. The van der Waals surface area contributed by atoms with Crippen LogP contribution in [0.3, 0.4) is 0 Å². The molecule has 20 heavy (non-hydrogen) atoms. The second kappa shape index (κ2) is 6.89. The van der Waals surface area contributed by atoms with Crippen molar-refractivity contribution in [3.8, 4) is 5.75 Å². The maximum absolute atomic E-state index is 12.2. The van der Waals surface area contributed by atoms with Crippen LogP contribution in [0.15, 0.2) is 24.3 Å². The van der Waals surface area contributed by atoms with E-state index in [2.05, 4.69) is 18.7 Å². The number of nitrogens with zero attached hydrogens (tertiary/aromatic N) is 1. The summed E-state index contributed by atoms with van der Waals surface area (Å²) in [4.78, 5) is 14.5. The molecule has 1 aromatic rings. The summed E-state index contributed by atoms with van der Waals surface area (Å²) in [7, 11) is 1.63. The third-order valence-electron chi connectivity index (χ3n) is 4.35. The van der Waals surface area contributed by atoms with Crippen LogP contribution in [0.5, 0.6) is 5.75 Å². The normalized spacial score (nSPS) is 17.4. The predicted octanol–water partition coefficient (Wildman–Crippen LogP) is 3.25. The van der Waals surface area contributed by atoms with Gasteiger partial charge in [0.1, 0.15) is 5.75 Å². The Hall–Kier alpha value is -1.35. The van der Waals surface area contributed by atoms with Gasteiger partial charge in [-0.2, -0.15) is 0 Å². The van der Waals surface area contributed by atoms with Crippen LogP contribution in [0.4, 0.5) is 0 Å². The van der Waals surface area contributed by atoms with E-state index in [0.29, 0.717) is 6.54 Å². The first-order chi connectivity index (χ1) is 9.60. The van der Waals surface area contributed by atoms with Crippen molar-refractivity contribution in [2.75, 3.05) is 26.7 Å². The van der Waals surface area contributed by atoms with Crippen molar-refractivity contribution in [1.82, 2.24) is 4.90 Å². The van der Waals surface area contributed by atoms with Crippen LogP contribution < -0.4 is 4.74 Å². The Balaban J connectivity index is 1.85. The molecule has 0 bridgehead atoms. The summed E-state index contributed by atoms with van der Waals surface area (Å²) < 4.78 is 5.11. The molecule has 0 saturated carbocycles. The van der Waals surface area contributed by atoms with Crippen LogP contribution >= 0.6 is 0 Å². The van der Waals surface area contributed by atoms with Gasteiger partial charge in [-0.05, 0) is 62.0 Å². The highest BCUT2D eigenvalue weighted by atomic mass is 16.5. The van der Waals surface area contributed by atoms with E-state index in [1.165, 1.54) is 12.8 Å². The number of piperidine rings is 1. The van der Waals surface area contributed by atoms with Gasteiger partial charge in [-0.3, -0.25) is 9.69 Å². The van der Waals surface area contributed by atoms with E-state index in [9.17, 15) is 4.79 Å². The van der Waals surface area contributed by atoms with E-state index >= 15 is 0 Å². The number of methoxy groups -OCH3 is 1. The molecule has 0 unspecified atom stereocenters. The maximum Gasteiger partial charge on any atom is 0.176 e. The van der Waals surface area contributed by atoms with Crippen molar-refractivity contribution < 1.29 is 9.53 Å². The molecule has 0 amide bonds. The second-order valence-corrected chi connectivity index (χ2v) is 6.01. The molecule has 3 heteroatoms. The first kappa shape index (κ1) is 15.0. The van der Waals surface area contributed by atoms with Gasteiger partial charge in [0.25, 0.3) is 0 Å². The first-order valence-corrected chi connectivity index (χ1v) is 7.49. The Morgan fingerprint density at radius 2 is 1.85 bits per heavy atom. The highest BCUT2D eigenvalue weighted by molar-refractivity contribution is 5.97. The molecule has 1 heterocycles. The molecule has 1 saturated heterocycles. The molecule has 1 aliphatic heterocycles.